The van der Waals surface area contributed by atoms with Gasteiger partial charge in [-0.25, -0.2) is 4.98 Å². The van der Waals surface area contributed by atoms with E-state index in [9.17, 15) is 5.11 Å². The molecular weight excluding hydrogens is 578 g/mol. The first-order chi connectivity index (χ1) is 17.6. The molecular formula is C30H23Br2N3O. The van der Waals surface area contributed by atoms with Crippen LogP contribution in [0.4, 0.5) is 0 Å². The molecule has 6 rings (SSSR count). The van der Waals surface area contributed by atoms with Gasteiger partial charge < -0.3 is 14.2 Å². The van der Waals surface area contributed by atoms with E-state index in [1.807, 2.05) is 42.7 Å². The Kier molecular flexibility index (Phi) is 6.25. The van der Waals surface area contributed by atoms with E-state index < -0.39 is 6.10 Å². The molecule has 0 amide bonds. The molecule has 0 saturated heterocycles. The Labute approximate surface area is 226 Å². The van der Waals surface area contributed by atoms with Gasteiger partial charge >= 0.3 is 0 Å². The molecule has 4 aromatic carbocycles. The van der Waals surface area contributed by atoms with Gasteiger partial charge in [0.2, 0.25) is 0 Å². The molecule has 0 fully saturated rings. The highest BCUT2D eigenvalue weighted by Gasteiger charge is 2.19. The molecule has 178 valence electrons. The van der Waals surface area contributed by atoms with Crippen molar-refractivity contribution in [2.75, 3.05) is 0 Å². The Morgan fingerprint density at radius 2 is 1.25 bits per heavy atom. The standard InChI is InChI=1S/C30H23Br2N3O/c31-22-11-13-27-25(15-22)26-16-23(32)12-14-28(26)35(27)18-24(36)17-34-19-33-29(20-7-3-1-4-8-20)30(34)21-9-5-2-6-10-21/h1-16,19,24,36H,17-18H2/t24-/m0/s1. The Morgan fingerprint density at radius 3 is 1.83 bits per heavy atom. The molecule has 0 bridgehead atoms. The average Bonchev–Trinajstić information content (AvgIpc) is 3.44. The number of hydrogen-bond donors (Lipinski definition) is 1. The third kappa shape index (κ3) is 4.30. The fraction of sp³-hybridized carbons (Fsp3) is 0.100. The van der Waals surface area contributed by atoms with Crippen molar-refractivity contribution < 1.29 is 5.11 Å². The van der Waals surface area contributed by atoms with Crippen molar-refractivity contribution in [1.82, 2.24) is 14.1 Å². The summed E-state index contributed by atoms with van der Waals surface area (Å²) >= 11 is 7.22. The lowest BCUT2D eigenvalue weighted by Gasteiger charge is -2.17. The maximum absolute atomic E-state index is 11.4. The number of halogens is 2. The quantitative estimate of drug-likeness (QED) is 0.211. The number of rotatable bonds is 6. The third-order valence-electron chi connectivity index (χ3n) is 6.52. The number of fused-ring (bicyclic) bond motifs is 3. The van der Waals surface area contributed by atoms with Gasteiger partial charge in [0.25, 0.3) is 0 Å². The first-order valence-electron chi connectivity index (χ1n) is 11.8. The molecule has 1 N–H and O–H groups in total. The molecule has 36 heavy (non-hydrogen) atoms. The third-order valence-corrected chi connectivity index (χ3v) is 7.51. The van der Waals surface area contributed by atoms with Crippen molar-refractivity contribution in [2.45, 2.75) is 19.2 Å². The zero-order chi connectivity index (χ0) is 24.6. The second-order valence-electron chi connectivity index (χ2n) is 8.91. The van der Waals surface area contributed by atoms with Gasteiger partial charge in [-0.1, -0.05) is 92.5 Å². The first-order valence-corrected chi connectivity index (χ1v) is 13.4. The van der Waals surface area contributed by atoms with Crippen LogP contribution >= 0.6 is 31.9 Å². The van der Waals surface area contributed by atoms with Crippen LogP contribution in [0.3, 0.4) is 0 Å². The monoisotopic (exact) mass is 599 g/mol. The van der Waals surface area contributed by atoms with E-state index in [1.165, 1.54) is 0 Å². The van der Waals surface area contributed by atoms with Gasteiger partial charge in [-0.3, -0.25) is 0 Å². The van der Waals surface area contributed by atoms with Gasteiger partial charge in [-0.05, 0) is 36.4 Å². The van der Waals surface area contributed by atoms with E-state index in [0.717, 1.165) is 53.3 Å². The summed E-state index contributed by atoms with van der Waals surface area (Å²) in [5.41, 5.74) is 6.26. The molecule has 0 aliphatic rings. The van der Waals surface area contributed by atoms with Crippen LogP contribution in [0.1, 0.15) is 0 Å². The van der Waals surface area contributed by atoms with Crippen LogP contribution in [0.5, 0.6) is 0 Å². The van der Waals surface area contributed by atoms with Crippen molar-refractivity contribution in [3.8, 4) is 22.5 Å². The number of aromatic nitrogens is 3. The van der Waals surface area contributed by atoms with Crippen LogP contribution in [-0.2, 0) is 13.1 Å². The Hall–Kier alpha value is -3.19. The smallest absolute Gasteiger partial charge is 0.0963 e. The molecule has 1 atom stereocenters. The lowest BCUT2D eigenvalue weighted by atomic mass is 10.0. The Morgan fingerprint density at radius 1 is 0.694 bits per heavy atom. The molecule has 0 aliphatic heterocycles. The van der Waals surface area contributed by atoms with E-state index in [2.05, 4.69) is 102 Å². The highest BCUT2D eigenvalue weighted by Crippen LogP contribution is 2.34. The average molecular weight is 601 g/mol. The lowest BCUT2D eigenvalue weighted by molar-refractivity contribution is 0.137. The molecule has 6 heteroatoms. The molecule has 0 aliphatic carbocycles. The maximum Gasteiger partial charge on any atom is 0.0963 e. The number of imidazole rings is 1. The minimum Gasteiger partial charge on any atom is -0.389 e. The van der Waals surface area contributed by atoms with Crippen LogP contribution in [-0.4, -0.2) is 25.3 Å². The summed E-state index contributed by atoms with van der Waals surface area (Å²) in [6.45, 7) is 0.897. The summed E-state index contributed by atoms with van der Waals surface area (Å²) in [6.07, 6.45) is 1.23. The zero-order valence-electron chi connectivity index (χ0n) is 19.4. The summed E-state index contributed by atoms with van der Waals surface area (Å²) in [6, 6.07) is 33.1. The highest BCUT2D eigenvalue weighted by atomic mass is 79.9. The number of hydrogen-bond acceptors (Lipinski definition) is 2. The molecule has 0 saturated carbocycles. The highest BCUT2D eigenvalue weighted by molar-refractivity contribution is 9.10. The van der Waals surface area contributed by atoms with Crippen LogP contribution in [0.2, 0.25) is 0 Å². The van der Waals surface area contributed by atoms with Gasteiger partial charge in [0.1, 0.15) is 0 Å². The summed E-state index contributed by atoms with van der Waals surface area (Å²) in [5, 5.41) is 13.7. The normalized spacial score (nSPS) is 12.4. The maximum atomic E-state index is 11.4. The molecule has 0 spiro atoms. The number of aliphatic hydroxyl groups is 1. The molecule has 6 aromatic rings. The van der Waals surface area contributed by atoms with Gasteiger partial charge in [0.05, 0.1) is 36.9 Å². The minimum atomic E-state index is -0.614. The van der Waals surface area contributed by atoms with Crippen molar-refractivity contribution in [3.63, 3.8) is 0 Å². The number of aliphatic hydroxyl groups excluding tert-OH is 1. The summed E-state index contributed by atoms with van der Waals surface area (Å²) in [4.78, 5) is 4.77. The van der Waals surface area contributed by atoms with Crippen molar-refractivity contribution >= 4 is 53.7 Å². The number of benzene rings is 4. The van der Waals surface area contributed by atoms with Crippen molar-refractivity contribution in [2.24, 2.45) is 0 Å². The van der Waals surface area contributed by atoms with E-state index in [0.29, 0.717) is 13.1 Å². The minimum absolute atomic E-state index is 0.429. The van der Waals surface area contributed by atoms with Crippen molar-refractivity contribution in [3.05, 3.63) is 112 Å². The van der Waals surface area contributed by atoms with Gasteiger partial charge in [0.15, 0.2) is 0 Å². The molecule has 4 nitrogen and oxygen atoms in total. The predicted molar refractivity (Wildman–Crippen MR) is 154 cm³/mol. The topological polar surface area (TPSA) is 43.0 Å². The fourth-order valence-corrected chi connectivity index (χ4v) is 5.69. The fourth-order valence-electron chi connectivity index (χ4n) is 4.97. The molecule has 2 heterocycles. The second-order valence-corrected chi connectivity index (χ2v) is 10.7. The van der Waals surface area contributed by atoms with Gasteiger partial charge in [0, 0.05) is 41.9 Å². The lowest BCUT2D eigenvalue weighted by Crippen LogP contribution is -2.22. The van der Waals surface area contributed by atoms with Gasteiger partial charge in [-0.2, -0.15) is 0 Å². The molecule has 0 unspecified atom stereocenters. The largest absolute Gasteiger partial charge is 0.389 e. The second kappa shape index (κ2) is 9.69. The summed E-state index contributed by atoms with van der Waals surface area (Å²) in [7, 11) is 0. The van der Waals surface area contributed by atoms with Crippen LogP contribution in [0, 0.1) is 0 Å². The summed E-state index contributed by atoms with van der Waals surface area (Å²) in [5.74, 6) is 0. The van der Waals surface area contributed by atoms with Crippen LogP contribution in [0.15, 0.2) is 112 Å². The van der Waals surface area contributed by atoms with Crippen molar-refractivity contribution in [1.29, 1.82) is 0 Å². The molecule has 2 aromatic heterocycles. The van der Waals surface area contributed by atoms with E-state index >= 15 is 0 Å². The zero-order valence-corrected chi connectivity index (χ0v) is 22.5. The Bertz CT molecular complexity index is 1610. The van der Waals surface area contributed by atoms with Crippen LogP contribution < -0.4 is 0 Å². The van der Waals surface area contributed by atoms with Crippen LogP contribution in [0.25, 0.3) is 44.3 Å². The van der Waals surface area contributed by atoms with E-state index in [4.69, 9.17) is 4.98 Å². The van der Waals surface area contributed by atoms with E-state index in [1.54, 1.807) is 0 Å². The summed E-state index contributed by atoms with van der Waals surface area (Å²) < 4.78 is 6.36. The first kappa shape index (κ1) is 23.2. The van der Waals surface area contributed by atoms with Gasteiger partial charge in [-0.15, -0.1) is 0 Å². The number of nitrogens with zero attached hydrogens (tertiary/aromatic N) is 3. The molecule has 0 radical (unpaired) electrons. The predicted octanol–water partition coefficient (Wildman–Crippen LogP) is 7.91. The Balaban J connectivity index is 1.39. The SMILES string of the molecule is O[C@@H](Cn1cnc(-c2ccccc2)c1-c1ccccc1)Cn1c2ccc(Br)cc2c2cc(Br)ccc21. The van der Waals surface area contributed by atoms with E-state index in [-0.39, 0.29) is 0 Å².